The van der Waals surface area contributed by atoms with Gasteiger partial charge in [-0.1, -0.05) is 24.6 Å². The summed E-state index contributed by atoms with van der Waals surface area (Å²) in [6.45, 7) is 6.57. The molecule has 2 aliphatic heterocycles. The van der Waals surface area contributed by atoms with Crippen LogP contribution >= 0.6 is 0 Å². The Balaban J connectivity index is 1.71. The minimum atomic E-state index is 0.268. The summed E-state index contributed by atoms with van der Waals surface area (Å²) in [5.74, 6) is 1.28. The summed E-state index contributed by atoms with van der Waals surface area (Å²) in [6, 6.07) is 7.17. The Hall–Kier alpha value is -1.55. The number of nitrogens with one attached hydrogen (secondary N) is 1. The molecule has 1 fully saturated rings. The van der Waals surface area contributed by atoms with Gasteiger partial charge in [-0.15, -0.1) is 0 Å². The fraction of sp³-hybridized carbons (Fsp3) is 0.611. The van der Waals surface area contributed by atoms with Crippen LogP contribution in [0, 0.1) is 6.92 Å². The highest BCUT2D eigenvalue weighted by molar-refractivity contribution is 5.76. The van der Waals surface area contributed by atoms with Crippen molar-refractivity contribution in [1.82, 2.24) is 10.2 Å². The minimum absolute atomic E-state index is 0.268. The van der Waals surface area contributed by atoms with Crippen molar-refractivity contribution >= 4 is 5.91 Å². The minimum Gasteiger partial charge on any atom is -0.493 e. The second-order valence-electron chi connectivity index (χ2n) is 6.43. The molecule has 0 bridgehead atoms. The highest BCUT2D eigenvalue weighted by atomic mass is 16.5. The van der Waals surface area contributed by atoms with Gasteiger partial charge in [0.25, 0.3) is 0 Å². The van der Waals surface area contributed by atoms with E-state index in [0.717, 1.165) is 44.7 Å². The molecule has 1 aromatic rings. The van der Waals surface area contributed by atoms with E-state index in [1.54, 1.807) is 0 Å². The monoisotopic (exact) mass is 302 g/mol. The van der Waals surface area contributed by atoms with Gasteiger partial charge in [-0.3, -0.25) is 4.79 Å². The Morgan fingerprint density at radius 3 is 3.09 bits per heavy atom. The maximum absolute atomic E-state index is 11.8. The summed E-state index contributed by atoms with van der Waals surface area (Å²) in [6.07, 6.45) is 3.81. The molecule has 0 spiro atoms. The number of amides is 1. The number of nitrogens with zero attached hydrogens (tertiary/aromatic N) is 1. The van der Waals surface area contributed by atoms with Crippen molar-refractivity contribution in [2.24, 2.45) is 0 Å². The van der Waals surface area contributed by atoms with Crippen molar-refractivity contribution in [2.45, 2.75) is 51.6 Å². The lowest BCUT2D eigenvalue weighted by atomic mass is 9.99. The van der Waals surface area contributed by atoms with Crippen molar-refractivity contribution in [1.29, 1.82) is 0 Å². The predicted molar refractivity (Wildman–Crippen MR) is 87.1 cm³/mol. The lowest BCUT2D eigenvalue weighted by Crippen LogP contribution is -2.37. The first-order valence-electron chi connectivity index (χ1n) is 8.44. The molecule has 2 unspecified atom stereocenters. The highest BCUT2D eigenvalue weighted by Gasteiger charge is 2.29. The SMILES string of the molecule is CCC(=O)N1CCC(NC2CCCOc3ccc(C)cc32)C1. The first kappa shape index (κ1) is 15.3. The second kappa shape index (κ2) is 6.69. The molecule has 2 heterocycles. The van der Waals surface area contributed by atoms with Crippen molar-refractivity contribution in [3.63, 3.8) is 0 Å². The first-order valence-corrected chi connectivity index (χ1v) is 8.44. The molecule has 0 aromatic heterocycles. The zero-order chi connectivity index (χ0) is 15.5. The number of carbonyl (C=O) groups excluding carboxylic acids is 1. The quantitative estimate of drug-likeness (QED) is 0.933. The van der Waals surface area contributed by atoms with Gasteiger partial charge < -0.3 is 15.0 Å². The summed E-state index contributed by atoms with van der Waals surface area (Å²) >= 11 is 0. The van der Waals surface area contributed by atoms with Gasteiger partial charge >= 0.3 is 0 Å². The van der Waals surface area contributed by atoms with E-state index >= 15 is 0 Å². The molecule has 0 aliphatic carbocycles. The molecule has 1 saturated heterocycles. The number of likely N-dealkylation sites (tertiary alicyclic amines) is 1. The smallest absolute Gasteiger partial charge is 0.222 e. The number of hydrogen-bond donors (Lipinski definition) is 1. The normalized spacial score (nSPS) is 24.5. The number of aryl methyl sites for hydroxylation is 1. The standard InChI is InChI=1S/C18H26N2O2/c1-3-18(21)20-9-8-14(12-20)19-16-5-4-10-22-17-7-6-13(2)11-15(16)17/h6-7,11,14,16,19H,3-5,8-10,12H2,1-2H3. The lowest BCUT2D eigenvalue weighted by molar-refractivity contribution is -0.129. The van der Waals surface area contributed by atoms with Gasteiger partial charge in [0.1, 0.15) is 5.75 Å². The van der Waals surface area contributed by atoms with E-state index in [1.165, 1.54) is 11.1 Å². The van der Waals surface area contributed by atoms with Crippen molar-refractivity contribution < 1.29 is 9.53 Å². The van der Waals surface area contributed by atoms with Gasteiger partial charge in [-0.2, -0.15) is 0 Å². The van der Waals surface area contributed by atoms with Crippen LogP contribution in [0.3, 0.4) is 0 Å². The van der Waals surface area contributed by atoms with Crippen LogP contribution in [-0.2, 0) is 4.79 Å². The van der Waals surface area contributed by atoms with Crippen LogP contribution in [0.2, 0.25) is 0 Å². The van der Waals surface area contributed by atoms with E-state index in [9.17, 15) is 4.79 Å². The zero-order valence-corrected chi connectivity index (χ0v) is 13.6. The van der Waals surface area contributed by atoms with Crippen LogP contribution < -0.4 is 10.1 Å². The van der Waals surface area contributed by atoms with Gasteiger partial charge in [0, 0.05) is 37.2 Å². The lowest BCUT2D eigenvalue weighted by Gasteiger charge is -2.23. The van der Waals surface area contributed by atoms with E-state index in [-0.39, 0.29) is 5.91 Å². The number of carbonyl (C=O) groups is 1. The van der Waals surface area contributed by atoms with Crippen LogP contribution in [0.4, 0.5) is 0 Å². The molecule has 2 atom stereocenters. The average molecular weight is 302 g/mol. The number of fused-ring (bicyclic) bond motifs is 1. The fourth-order valence-corrected chi connectivity index (χ4v) is 3.50. The van der Waals surface area contributed by atoms with Gasteiger partial charge in [-0.25, -0.2) is 0 Å². The Morgan fingerprint density at radius 1 is 1.41 bits per heavy atom. The molecule has 1 aromatic carbocycles. The van der Waals surface area contributed by atoms with E-state index in [4.69, 9.17) is 4.74 Å². The molecule has 2 aliphatic rings. The Morgan fingerprint density at radius 2 is 2.27 bits per heavy atom. The first-order chi connectivity index (χ1) is 10.7. The number of rotatable bonds is 3. The fourth-order valence-electron chi connectivity index (χ4n) is 3.50. The second-order valence-corrected chi connectivity index (χ2v) is 6.43. The number of ether oxygens (including phenoxy) is 1. The summed E-state index contributed by atoms with van der Waals surface area (Å²) in [5, 5.41) is 3.78. The van der Waals surface area contributed by atoms with Crippen LogP contribution in [0.5, 0.6) is 5.75 Å². The van der Waals surface area contributed by atoms with Crippen molar-refractivity contribution in [3.8, 4) is 5.75 Å². The van der Waals surface area contributed by atoms with Crippen LogP contribution in [0.25, 0.3) is 0 Å². The molecular weight excluding hydrogens is 276 g/mol. The summed E-state index contributed by atoms with van der Waals surface area (Å²) in [7, 11) is 0. The molecule has 4 heteroatoms. The topological polar surface area (TPSA) is 41.6 Å². The summed E-state index contributed by atoms with van der Waals surface area (Å²) in [4.78, 5) is 13.8. The maximum atomic E-state index is 11.8. The number of benzene rings is 1. The predicted octanol–water partition coefficient (Wildman–Crippen LogP) is 2.81. The molecule has 1 N–H and O–H groups in total. The molecule has 22 heavy (non-hydrogen) atoms. The van der Waals surface area contributed by atoms with E-state index in [0.29, 0.717) is 18.5 Å². The van der Waals surface area contributed by atoms with Crippen molar-refractivity contribution in [2.75, 3.05) is 19.7 Å². The molecule has 0 saturated carbocycles. The Labute approximate surface area is 132 Å². The molecule has 4 nitrogen and oxygen atoms in total. The third kappa shape index (κ3) is 3.27. The van der Waals surface area contributed by atoms with E-state index < -0.39 is 0 Å². The van der Waals surface area contributed by atoms with Crippen LogP contribution in [0.1, 0.15) is 49.8 Å². The largest absolute Gasteiger partial charge is 0.493 e. The third-order valence-corrected chi connectivity index (χ3v) is 4.72. The Bertz CT molecular complexity index is 544. The maximum Gasteiger partial charge on any atom is 0.222 e. The average Bonchev–Trinajstić information content (AvgIpc) is 2.90. The number of hydrogen-bond acceptors (Lipinski definition) is 3. The van der Waals surface area contributed by atoms with Crippen LogP contribution in [0.15, 0.2) is 18.2 Å². The third-order valence-electron chi connectivity index (χ3n) is 4.72. The highest BCUT2D eigenvalue weighted by Crippen LogP contribution is 2.33. The van der Waals surface area contributed by atoms with Gasteiger partial charge in [0.05, 0.1) is 6.61 Å². The van der Waals surface area contributed by atoms with Crippen LogP contribution in [-0.4, -0.2) is 36.5 Å². The molecule has 1 amide bonds. The van der Waals surface area contributed by atoms with E-state index in [2.05, 4.69) is 30.4 Å². The summed E-state index contributed by atoms with van der Waals surface area (Å²) < 4.78 is 5.87. The van der Waals surface area contributed by atoms with Crippen molar-refractivity contribution in [3.05, 3.63) is 29.3 Å². The molecule has 0 radical (unpaired) electrons. The zero-order valence-electron chi connectivity index (χ0n) is 13.6. The van der Waals surface area contributed by atoms with Gasteiger partial charge in [0.15, 0.2) is 0 Å². The molecular formula is C18H26N2O2. The van der Waals surface area contributed by atoms with E-state index in [1.807, 2.05) is 11.8 Å². The van der Waals surface area contributed by atoms with Gasteiger partial charge in [-0.05, 0) is 32.3 Å². The molecule has 3 rings (SSSR count). The Kier molecular flexibility index (Phi) is 4.67. The van der Waals surface area contributed by atoms with Gasteiger partial charge in [0.2, 0.25) is 5.91 Å². The summed E-state index contributed by atoms with van der Waals surface area (Å²) in [5.41, 5.74) is 2.54. The molecule has 120 valence electrons.